The first kappa shape index (κ1) is 12.0. The number of allylic oxidation sites excluding steroid dienone is 1. The third-order valence-corrected chi connectivity index (χ3v) is 10.2. The predicted octanol–water partition coefficient (Wildman–Crippen LogP) is 4.46. The Balaban J connectivity index is 4.28. The lowest BCUT2D eigenvalue weighted by atomic mass is 10.5. The van der Waals surface area contributed by atoms with Crippen LogP contribution in [0, 0.1) is 0 Å². The van der Waals surface area contributed by atoms with E-state index in [1.807, 2.05) is 0 Å². The van der Waals surface area contributed by atoms with Gasteiger partial charge in [-0.2, -0.15) is 0 Å². The topological polar surface area (TPSA) is 0 Å². The van der Waals surface area contributed by atoms with Crippen molar-refractivity contribution in [2.24, 2.45) is 0 Å². The minimum Gasteiger partial charge on any atom is -0.103 e. The minimum absolute atomic E-state index is 0.900. The number of hydrogen-bond donors (Lipinski definition) is 0. The van der Waals surface area contributed by atoms with Crippen molar-refractivity contribution in [2.75, 3.05) is 0 Å². The third kappa shape index (κ3) is 2.78. The van der Waals surface area contributed by atoms with Gasteiger partial charge < -0.3 is 0 Å². The summed E-state index contributed by atoms with van der Waals surface area (Å²) < 4.78 is 0. The van der Waals surface area contributed by atoms with E-state index < -0.39 is 8.07 Å². The second-order valence-corrected chi connectivity index (χ2v) is 10.5. The largest absolute Gasteiger partial charge is 0.103 e. The van der Waals surface area contributed by atoms with E-state index >= 15 is 0 Å². The molecule has 0 bridgehead atoms. The van der Waals surface area contributed by atoms with Crippen LogP contribution in [0.5, 0.6) is 0 Å². The zero-order chi connectivity index (χ0) is 9.78. The first-order valence-corrected chi connectivity index (χ1v) is 7.92. The van der Waals surface area contributed by atoms with E-state index in [0.717, 1.165) is 11.1 Å². The molecule has 0 aromatic heterocycles. The monoisotopic (exact) mass is 184 g/mol. The lowest BCUT2D eigenvalue weighted by molar-refractivity contribution is 0.871. The van der Waals surface area contributed by atoms with Gasteiger partial charge in [0.15, 0.2) is 0 Å². The predicted molar refractivity (Wildman–Crippen MR) is 61.4 cm³/mol. The fourth-order valence-electron chi connectivity index (χ4n) is 1.66. The minimum atomic E-state index is -0.996. The summed E-state index contributed by atoms with van der Waals surface area (Å²) in [7, 11) is -0.996. The highest BCUT2D eigenvalue weighted by molar-refractivity contribution is 6.81. The van der Waals surface area contributed by atoms with E-state index in [0.29, 0.717) is 0 Å². The van der Waals surface area contributed by atoms with Crippen molar-refractivity contribution in [1.82, 2.24) is 0 Å². The van der Waals surface area contributed by atoms with Gasteiger partial charge in [0, 0.05) is 0 Å². The Bertz CT molecular complexity index is 128. The molecule has 0 unspecified atom stereocenters. The maximum Gasteiger partial charge on any atom is 0.0559 e. The van der Waals surface area contributed by atoms with Gasteiger partial charge in [-0.15, -0.1) is 6.58 Å². The van der Waals surface area contributed by atoms with Crippen LogP contribution < -0.4 is 0 Å². The van der Waals surface area contributed by atoms with Crippen molar-refractivity contribution in [3.63, 3.8) is 0 Å². The van der Waals surface area contributed by atoms with Gasteiger partial charge in [-0.05, 0) is 6.42 Å². The highest BCUT2D eigenvalue weighted by Gasteiger charge is 2.33. The molecule has 0 aliphatic rings. The molecule has 0 atom stereocenters. The van der Waals surface area contributed by atoms with Gasteiger partial charge in [-0.1, -0.05) is 57.4 Å². The normalized spacial score (nSPS) is 12.6. The summed E-state index contributed by atoms with van der Waals surface area (Å²) in [4.78, 5) is 0. The first-order chi connectivity index (χ1) is 5.45. The maximum atomic E-state index is 3.80. The SMILES string of the molecule is C=CCC[Si](C)(C(C)C)C(C)C. The van der Waals surface area contributed by atoms with Crippen LogP contribution in [0.15, 0.2) is 12.7 Å². The molecule has 0 amide bonds. The summed E-state index contributed by atoms with van der Waals surface area (Å²) in [6, 6.07) is 1.41. The molecule has 0 aromatic rings. The van der Waals surface area contributed by atoms with Crippen LogP contribution in [0.25, 0.3) is 0 Å². The molecule has 0 heterocycles. The fourth-order valence-corrected chi connectivity index (χ4v) is 4.97. The van der Waals surface area contributed by atoms with Gasteiger partial charge >= 0.3 is 0 Å². The Hall–Kier alpha value is -0.0431. The molecule has 0 saturated heterocycles. The summed E-state index contributed by atoms with van der Waals surface area (Å²) in [6.45, 7) is 15.9. The average molecular weight is 184 g/mol. The van der Waals surface area contributed by atoms with Crippen LogP contribution in [0.2, 0.25) is 23.7 Å². The quantitative estimate of drug-likeness (QED) is 0.437. The molecular formula is C11H24Si. The molecule has 0 rings (SSSR count). The van der Waals surface area contributed by atoms with Crippen LogP contribution in [0.1, 0.15) is 34.1 Å². The number of rotatable bonds is 5. The molecule has 0 aliphatic heterocycles. The molecule has 0 aliphatic carbocycles. The van der Waals surface area contributed by atoms with E-state index in [4.69, 9.17) is 0 Å². The standard InChI is InChI=1S/C11H24Si/c1-7-8-9-12(6,10(2)3)11(4)5/h7,10-11H,1,8-9H2,2-6H3. The summed E-state index contributed by atoms with van der Waals surface area (Å²) in [6.07, 6.45) is 3.27. The lowest BCUT2D eigenvalue weighted by Crippen LogP contribution is -2.36. The Morgan fingerprint density at radius 1 is 1.17 bits per heavy atom. The maximum absolute atomic E-state index is 3.80. The fraction of sp³-hybridized carbons (Fsp3) is 0.818. The average Bonchev–Trinajstić information content (AvgIpc) is 1.99. The van der Waals surface area contributed by atoms with E-state index in [1.54, 1.807) is 0 Å². The molecule has 72 valence electrons. The number of hydrogen-bond acceptors (Lipinski definition) is 0. The van der Waals surface area contributed by atoms with E-state index in [1.165, 1.54) is 12.5 Å². The molecule has 12 heavy (non-hydrogen) atoms. The molecule has 0 saturated carbocycles. The van der Waals surface area contributed by atoms with Crippen LogP contribution in [0.3, 0.4) is 0 Å². The van der Waals surface area contributed by atoms with Gasteiger partial charge in [0.2, 0.25) is 0 Å². The van der Waals surface area contributed by atoms with E-state index in [-0.39, 0.29) is 0 Å². The summed E-state index contributed by atoms with van der Waals surface area (Å²) in [5.74, 6) is 0. The molecule has 0 radical (unpaired) electrons. The highest BCUT2D eigenvalue weighted by Crippen LogP contribution is 2.36. The molecule has 0 nitrogen and oxygen atoms in total. The van der Waals surface area contributed by atoms with Crippen molar-refractivity contribution in [2.45, 2.75) is 57.8 Å². The summed E-state index contributed by atoms with van der Waals surface area (Å²) in [5.41, 5.74) is 1.80. The lowest BCUT2D eigenvalue weighted by Gasteiger charge is -2.35. The van der Waals surface area contributed by atoms with Crippen molar-refractivity contribution in [3.05, 3.63) is 12.7 Å². The second-order valence-electron chi connectivity index (χ2n) is 4.64. The first-order valence-electron chi connectivity index (χ1n) is 5.06. The highest BCUT2D eigenvalue weighted by atomic mass is 28.3. The van der Waals surface area contributed by atoms with Gasteiger partial charge in [-0.3, -0.25) is 0 Å². The smallest absolute Gasteiger partial charge is 0.0559 e. The van der Waals surface area contributed by atoms with Crippen LogP contribution in [0.4, 0.5) is 0 Å². The zero-order valence-corrected chi connectivity index (χ0v) is 10.4. The van der Waals surface area contributed by atoms with Gasteiger partial charge in [-0.25, -0.2) is 0 Å². The van der Waals surface area contributed by atoms with Crippen molar-refractivity contribution in [1.29, 1.82) is 0 Å². The molecule has 0 spiro atoms. The van der Waals surface area contributed by atoms with Gasteiger partial charge in [0.25, 0.3) is 0 Å². The van der Waals surface area contributed by atoms with Crippen molar-refractivity contribution in [3.8, 4) is 0 Å². The summed E-state index contributed by atoms with van der Waals surface area (Å²) >= 11 is 0. The Morgan fingerprint density at radius 2 is 1.58 bits per heavy atom. The molecule has 1 heteroatoms. The van der Waals surface area contributed by atoms with Crippen molar-refractivity contribution >= 4 is 8.07 Å². The van der Waals surface area contributed by atoms with Gasteiger partial charge in [0.1, 0.15) is 0 Å². The van der Waals surface area contributed by atoms with Crippen LogP contribution in [-0.4, -0.2) is 8.07 Å². The van der Waals surface area contributed by atoms with Crippen LogP contribution >= 0.6 is 0 Å². The second kappa shape index (κ2) is 4.86. The van der Waals surface area contributed by atoms with Crippen molar-refractivity contribution < 1.29 is 0 Å². The molecule has 0 fully saturated rings. The molecular weight excluding hydrogens is 160 g/mol. The summed E-state index contributed by atoms with van der Waals surface area (Å²) in [5, 5.41) is 0. The molecule has 0 N–H and O–H groups in total. The van der Waals surface area contributed by atoms with E-state index in [9.17, 15) is 0 Å². The molecule has 0 aromatic carbocycles. The Morgan fingerprint density at radius 3 is 1.83 bits per heavy atom. The Kier molecular flexibility index (Phi) is 4.84. The Labute approximate surface area is 79.1 Å². The van der Waals surface area contributed by atoms with E-state index in [2.05, 4.69) is 46.9 Å². The van der Waals surface area contributed by atoms with Crippen LogP contribution in [-0.2, 0) is 0 Å². The zero-order valence-electron chi connectivity index (χ0n) is 9.35. The third-order valence-electron chi connectivity index (χ3n) is 3.53. The van der Waals surface area contributed by atoms with Gasteiger partial charge in [0.05, 0.1) is 8.07 Å².